The Hall–Kier alpha value is -0.360. The van der Waals surface area contributed by atoms with Crippen molar-refractivity contribution >= 4 is 18.3 Å². The quantitative estimate of drug-likeness (QED) is 0.792. The van der Waals surface area contributed by atoms with Crippen LogP contribution in [0.5, 0.6) is 0 Å². The van der Waals surface area contributed by atoms with Crippen LogP contribution < -0.4 is 11.1 Å². The van der Waals surface area contributed by atoms with Gasteiger partial charge in [0.1, 0.15) is 0 Å². The van der Waals surface area contributed by atoms with Gasteiger partial charge in [0.15, 0.2) is 0 Å². The van der Waals surface area contributed by atoms with Gasteiger partial charge in [-0.25, -0.2) is 0 Å². The number of halogens is 1. The maximum atomic E-state index is 11.4. The zero-order valence-corrected chi connectivity index (χ0v) is 12.3. The van der Waals surface area contributed by atoms with E-state index in [0.29, 0.717) is 0 Å². The largest absolute Gasteiger partial charge is 0.379 e. The molecule has 5 nitrogen and oxygen atoms in total. The van der Waals surface area contributed by atoms with Gasteiger partial charge in [0.25, 0.3) is 0 Å². The van der Waals surface area contributed by atoms with Crippen molar-refractivity contribution in [2.75, 3.05) is 39.4 Å². The summed E-state index contributed by atoms with van der Waals surface area (Å²) in [6.45, 7) is 4.42. The maximum Gasteiger partial charge on any atom is 0.233 e. The van der Waals surface area contributed by atoms with Crippen LogP contribution in [0.2, 0.25) is 0 Å². The van der Waals surface area contributed by atoms with Crippen molar-refractivity contribution in [3.8, 4) is 0 Å². The number of rotatable bonds is 4. The third kappa shape index (κ3) is 4.31. The zero-order valence-electron chi connectivity index (χ0n) is 11.5. The van der Waals surface area contributed by atoms with Crippen molar-refractivity contribution in [1.29, 1.82) is 0 Å². The molecular formula is C13H26ClN3O2. The summed E-state index contributed by atoms with van der Waals surface area (Å²) in [6.07, 6.45) is 6.19. The van der Waals surface area contributed by atoms with Gasteiger partial charge in [-0.2, -0.15) is 0 Å². The summed E-state index contributed by atoms with van der Waals surface area (Å²) >= 11 is 0. The summed E-state index contributed by atoms with van der Waals surface area (Å²) in [4.78, 5) is 13.9. The fourth-order valence-electron chi connectivity index (χ4n) is 3.19. The van der Waals surface area contributed by atoms with E-state index in [2.05, 4.69) is 10.2 Å². The Morgan fingerprint density at radius 2 is 1.84 bits per heavy atom. The van der Waals surface area contributed by atoms with E-state index < -0.39 is 0 Å². The third-order valence-electron chi connectivity index (χ3n) is 4.27. The molecule has 6 heteroatoms. The van der Waals surface area contributed by atoms with E-state index in [1.54, 1.807) is 0 Å². The van der Waals surface area contributed by atoms with Gasteiger partial charge >= 0.3 is 0 Å². The summed E-state index contributed by atoms with van der Waals surface area (Å²) in [5.41, 5.74) is 5.51. The Bertz CT molecular complexity index is 277. The predicted molar refractivity (Wildman–Crippen MR) is 77.5 cm³/mol. The number of nitrogens with zero attached hydrogens (tertiary/aromatic N) is 1. The molecule has 0 bridgehead atoms. The number of amides is 1. The summed E-state index contributed by atoms with van der Waals surface area (Å²) in [5.74, 6) is -0.0480. The Balaban J connectivity index is 0.00000180. The molecule has 1 saturated carbocycles. The fourth-order valence-corrected chi connectivity index (χ4v) is 3.19. The molecule has 0 spiro atoms. The van der Waals surface area contributed by atoms with Crippen LogP contribution in [0.15, 0.2) is 0 Å². The highest BCUT2D eigenvalue weighted by molar-refractivity contribution is 5.85. The lowest BCUT2D eigenvalue weighted by Crippen LogP contribution is -2.60. The third-order valence-corrected chi connectivity index (χ3v) is 4.27. The number of hydrogen-bond acceptors (Lipinski definition) is 4. The molecular weight excluding hydrogens is 266 g/mol. The molecule has 2 aliphatic rings. The lowest BCUT2D eigenvalue weighted by atomic mass is 9.79. The van der Waals surface area contributed by atoms with E-state index in [9.17, 15) is 4.79 Å². The van der Waals surface area contributed by atoms with Crippen molar-refractivity contribution in [3.05, 3.63) is 0 Å². The summed E-state index contributed by atoms with van der Waals surface area (Å²) in [5, 5.41) is 2.99. The molecule has 0 atom stereocenters. The topological polar surface area (TPSA) is 67.6 Å². The lowest BCUT2D eigenvalue weighted by molar-refractivity contribution is -0.121. The van der Waals surface area contributed by atoms with Crippen LogP contribution >= 0.6 is 12.4 Å². The molecule has 2 fully saturated rings. The standard InChI is InChI=1S/C13H25N3O2.ClH/c14-10-12(17)15-11-13(4-2-1-3-5-13)16-6-8-18-9-7-16;/h1-11,14H2,(H,15,17);1H. The molecule has 0 aromatic carbocycles. The average molecular weight is 292 g/mol. The Morgan fingerprint density at radius 3 is 2.42 bits per heavy atom. The second-order valence-corrected chi connectivity index (χ2v) is 5.37. The highest BCUT2D eigenvalue weighted by Gasteiger charge is 2.38. The van der Waals surface area contributed by atoms with Crippen LogP contribution in [0.1, 0.15) is 32.1 Å². The molecule has 1 amide bonds. The monoisotopic (exact) mass is 291 g/mol. The Kier molecular flexibility index (Phi) is 7.07. The van der Waals surface area contributed by atoms with Crippen molar-refractivity contribution in [2.45, 2.75) is 37.6 Å². The number of carbonyl (C=O) groups excluding carboxylic acids is 1. The first kappa shape index (κ1) is 16.7. The molecule has 1 saturated heterocycles. The predicted octanol–water partition coefficient (Wildman–Crippen LogP) is 0.518. The zero-order chi connectivity index (χ0) is 12.8. The molecule has 112 valence electrons. The molecule has 0 unspecified atom stereocenters. The van der Waals surface area contributed by atoms with E-state index in [4.69, 9.17) is 10.5 Å². The molecule has 1 aliphatic heterocycles. The number of carbonyl (C=O) groups is 1. The number of nitrogens with two attached hydrogens (primary N) is 1. The van der Waals surface area contributed by atoms with Gasteiger partial charge in [0.05, 0.1) is 19.8 Å². The second kappa shape index (κ2) is 8.04. The van der Waals surface area contributed by atoms with Gasteiger partial charge in [-0.15, -0.1) is 12.4 Å². The summed E-state index contributed by atoms with van der Waals surface area (Å²) in [7, 11) is 0. The fraction of sp³-hybridized carbons (Fsp3) is 0.923. The van der Waals surface area contributed by atoms with Crippen LogP contribution in [-0.2, 0) is 9.53 Å². The van der Waals surface area contributed by atoms with Crippen LogP contribution in [0.4, 0.5) is 0 Å². The first-order valence-corrected chi connectivity index (χ1v) is 7.06. The molecule has 1 heterocycles. The van der Waals surface area contributed by atoms with E-state index in [1.165, 1.54) is 32.1 Å². The first-order chi connectivity index (χ1) is 8.77. The van der Waals surface area contributed by atoms with Gasteiger partial charge in [-0.05, 0) is 12.8 Å². The van der Waals surface area contributed by atoms with Gasteiger partial charge < -0.3 is 15.8 Å². The molecule has 0 aromatic heterocycles. The summed E-state index contributed by atoms with van der Waals surface area (Å²) < 4.78 is 5.43. The molecule has 0 aromatic rings. The van der Waals surface area contributed by atoms with Crippen LogP contribution in [-0.4, -0.2) is 55.7 Å². The number of nitrogens with one attached hydrogen (secondary N) is 1. The minimum absolute atomic E-state index is 0. The molecule has 0 radical (unpaired) electrons. The van der Waals surface area contributed by atoms with E-state index in [-0.39, 0.29) is 30.4 Å². The molecule has 3 N–H and O–H groups in total. The minimum Gasteiger partial charge on any atom is -0.379 e. The van der Waals surface area contributed by atoms with E-state index in [1.807, 2.05) is 0 Å². The van der Waals surface area contributed by atoms with E-state index >= 15 is 0 Å². The van der Waals surface area contributed by atoms with Crippen LogP contribution in [0, 0.1) is 0 Å². The normalized spacial score (nSPS) is 23.4. The second-order valence-electron chi connectivity index (χ2n) is 5.37. The van der Waals surface area contributed by atoms with Gasteiger partial charge in [0.2, 0.25) is 5.91 Å². The van der Waals surface area contributed by atoms with Crippen molar-refractivity contribution < 1.29 is 9.53 Å². The molecule has 2 rings (SSSR count). The highest BCUT2D eigenvalue weighted by atomic mass is 35.5. The first-order valence-electron chi connectivity index (χ1n) is 7.06. The summed E-state index contributed by atoms with van der Waals surface area (Å²) in [6, 6.07) is 0. The van der Waals surface area contributed by atoms with Gasteiger partial charge in [0, 0.05) is 25.2 Å². The highest BCUT2D eigenvalue weighted by Crippen LogP contribution is 2.33. The van der Waals surface area contributed by atoms with Gasteiger partial charge in [-0.3, -0.25) is 9.69 Å². The average Bonchev–Trinajstić information content (AvgIpc) is 2.46. The number of ether oxygens (including phenoxy) is 1. The van der Waals surface area contributed by atoms with Crippen molar-refractivity contribution in [1.82, 2.24) is 10.2 Å². The number of hydrogen-bond donors (Lipinski definition) is 2. The smallest absolute Gasteiger partial charge is 0.233 e. The Labute approximate surface area is 121 Å². The molecule has 19 heavy (non-hydrogen) atoms. The van der Waals surface area contributed by atoms with Crippen molar-refractivity contribution in [2.24, 2.45) is 5.73 Å². The maximum absolute atomic E-state index is 11.4. The minimum atomic E-state index is -0.0480. The lowest BCUT2D eigenvalue weighted by Gasteiger charge is -2.48. The SMILES string of the molecule is Cl.NCC(=O)NCC1(N2CCOCC2)CCCCC1. The van der Waals surface area contributed by atoms with Crippen molar-refractivity contribution in [3.63, 3.8) is 0 Å². The van der Waals surface area contributed by atoms with E-state index in [0.717, 1.165) is 32.8 Å². The van der Waals surface area contributed by atoms with Crippen LogP contribution in [0.25, 0.3) is 0 Å². The van der Waals surface area contributed by atoms with Crippen LogP contribution in [0.3, 0.4) is 0 Å². The number of morpholine rings is 1. The Morgan fingerprint density at radius 1 is 1.21 bits per heavy atom. The molecule has 1 aliphatic carbocycles. The van der Waals surface area contributed by atoms with Gasteiger partial charge in [-0.1, -0.05) is 19.3 Å².